The third kappa shape index (κ3) is 6.75. The summed E-state index contributed by atoms with van der Waals surface area (Å²) in [5.41, 5.74) is 6.53. The normalized spacial score (nSPS) is 22.4. The molecule has 146 valence electrons. The molecular formula is C16H24N2O5S3. The Kier molecular flexibility index (Phi) is 8.24. The monoisotopic (exact) mass is 420 g/mol. The molecule has 1 heterocycles. The number of ether oxygens (including phenoxy) is 1. The van der Waals surface area contributed by atoms with Gasteiger partial charge in [-0.1, -0.05) is 51.9 Å². The summed E-state index contributed by atoms with van der Waals surface area (Å²) in [5, 5.41) is 8.89. The van der Waals surface area contributed by atoms with Crippen molar-refractivity contribution in [1.82, 2.24) is 4.31 Å². The summed E-state index contributed by atoms with van der Waals surface area (Å²) in [6.07, 6.45) is 1.87. The van der Waals surface area contributed by atoms with Crippen LogP contribution < -0.4 is 5.73 Å². The van der Waals surface area contributed by atoms with Crippen molar-refractivity contribution in [2.45, 2.75) is 30.4 Å². The number of carboxylic acid groups (broad SMARTS) is 1. The number of aliphatic carboxylic acids is 1. The summed E-state index contributed by atoms with van der Waals surface area (Å²) in [4.78, 5) is 10.7. The van der Waals surface area contributed by atoms with Crippen LogP contribution in [-0.2, 0) is 26.2 Å². The number of carboxylic acids is 1. The molecule has 26 heavy (non-hydrogen) atoms. The van der Waals surface area contributed by atoms with E-state index in [1.54, 1.807) is 0 Å². The van der Waals surface area contributed by atoms with Gasteiger partial charge in [-0.2, -0.15) is 4.31 Å². The summed E-state index contributed by atoms with van der Waals surface area (Å²) in [5.74, 6) is -0.751. The number of nitrogens with two attached hydrogens (primary N) is 1. The van der Waals surface area contributed by atoms with Gasteiger partial charge in [-0.3, -0.25) is 4.79 Å². The Morgan fingerprint density at radius 1 is 1.42 bits per heavy atom. The number of nitrogens with zero attached hydrogens (tertiary/aromatic N) is 1. The van der Waals surface area contributed by atoms with Crippen LogP contribution in [-0.4, -0.2) is 66.3 Å². The molecule has 0 saturated carbocycles. The molecular weight excluding hydrogens is 396 g/mol. The van der Waals surface area contributed by atoms with E-state index in [1.165, 1.54) is 32.1 Å². The lowest BCUT2D eigenvalue weighted by atomic mass is 10.2. The largest absolute Gasteiger partial charge is 0.480 e. The zero-order valence-electron chi connectivity index (χ0n) is 14.5. The fraction of sp³-hybridized carbons (Fsp3) is 0.562. The Labute approximate surface area is 162 Å². The van der Waals surface area contributed by atoms with Gasteiger partial charge in [0.2, 0.25) is 10.0 Å². The Morgan fingerprint density at radius 2 is 2.12 bits per heavy atom. The molecule has 10 heteroatoms. The molecule has 0 aliphatic carbocycles. The van der Waals surface area contributed by atoms with Gasteiger partial charge in [-0.25, -0.2) is 8.42 Å². The SMILES string of the molecule is CS(=O)(=O)N1CC(SSC[C@H](N)C(=O)O)CC1COCc1ccccc1. The van der Waals surface area contributed by atoms with Gasteiger partial charge in [0, 0.05) is 23.6 Å². The van der Waals surface area contributed by atoms with Crippen molar-refractivity contribution < 1.29 is 23.1 Å². The lowest BCUT2D eigenvalue weighted by molar-refractivity contribution is -0.137. The fourth-order valence-electron chi connectivity index (χ4n) is 2.64. The van der Waals surface area contributed by atoms with E-state index < -0.39 is 22.0 Å². The average molecular weight is 421 g/mol. The second kappa shape index (κ2) is 9.95. The minimum absolute atomic E-state index is 0.0843. The second-order valence-corrected chi connectivity index (χ2v) is 10.8. The van der Waals surface area contributed by atoms with Crippen molar-refractivity contribution in [2.75, 3.05) is 25.2 Å². The van der Waals surface area contributed by atoms with Gasteiger partial charge in [0.05, 0.1) is 19.5 Å². The van der Waals surface area contributed by atoms with Crippen LogP contribution in [0.4, 0.5) is 0 Å². The van der Waals surface area contributed by atoms with E-state index in [4.69, 9.17) is 15.6 Å². The number of hydrogen-bond acceptors (Lipinski definition) is 7. The maximum Gasteiger partial charge on any atom is 0.321 e. The van der Waals surface area contributed by atoms with Gasteiger partial charge in [-0.15, -0.1) is 0 Å². The minimum atomic E-state index is -3.32. The van der Waals surface area contributed by atoms with Crippen molar-refractivity contribution in [3.8, 4) is 0 Å². The van der Waals surface area contributed by atoms with Crippen molar-refractivity contribution in [1.29, 1.82) is 0 Å². The van der Waals surface area contributed by atoms with Crippen LogP contribution in [0.5, 0.6) is 0 Å². The number of carbonyl (C=O) groups is 1. The van der Waals surface area contributed by atoms with Crippen molar-refractivity contribution in [3.63, 3.8) is 0 Å². The van der Waals surface area contributed by atoms with E-state index in [2.05, 4.69) is 0 Å². The van der Waals surface area contributed by atoms with Crippen LogP contribution in [0.3, 0.4) is 0 Å². The van der Waals surface area contributed by atoms with Crippen LogP contribution in [0.1, 0.15) is 12.0 Å². The van der Waals surface area contributed by atoms with E-state index >= 15 is 0 Å². The number of sulfonamides is 1. The first kappa shape index (κ1) is 21.5. The summed E-state index contributed by atoms with van der Waals surface area (Å²) in [6.45, 7) is 1.17. The highest BCUT2D eigenvalue weighted by atomic mass is 33.1. The molecule has 3 N–H and O–H groups in total. The highest BCUT2D eigenvalue weighted by molar-refractivity contribution is 8.77. The molecule has 3 atom stereocenters. The summed E-state index contributed by atoms with van der Waals surface area (Å²) >= 11 is 0. The number of hydrogen-bond donors (Lipinski definition) is 2. The third-order valence-corrected chi connectivity index (χ3v) is 8.12. The average Bonchev–Trinajstić information content (AvgIpc) is 2.99. The van der Waals surface area contributed by atoms with E-state index in [0.29, 0.717) is 26.2 Å². The van der Waals surface area contributed by atoms with Crippen molar-refractivity contribution in [2.24, 2.45) is 5.73 Å². The van der Waals surface area contributed by atoms with Crippen LogP contribution in [0.25, 0.3) is 0 Å². The highest BCUT2D eigenvalue weighted by Gasteiger charge is 2.38. The minimum Gasteiger partial charge on any atom is -0.480 e. The van der Waals surface area contributed by atoms with E-state index in [9.17, 15) is 13.2 Å². The predicted molar refractivity (Wildman–Crippen MR) is 106 cm³/mol. The van der Waals surface area contributed by atoms with Crippen molar-refractivity contribution in [3.05, 3.63) is 35.9 Å². The molecule has 2 rings (SSSR count). The Morgan fingerprint density at radius 3 is 2.73 bits per heavy atom. The van der Waals surface area contributed by atoms with E-state index in [-0.39, 0.29) is 17.0 Å². The maximum atomic E-state index is 12.1. The molecule has 0 aromatic heterocycles. The van der Waals surface area contributed by atoms with Gasteiger partial charge < -0.3 is 15.6 Å². The first-order chi connectivity index (χ1) is 12.3. The van der Waals surface area contributed by atoms with Gasteiger partial charge in [-0.05, 0) is 12.0 Å². The Bertz CT molecular complexity index is 686. The zero-order valence-corrected chi connectivity index (χ0v) is 16.9. The van der Waals surface area contributed by atoms with E-state index in [0.717, 1.165) is 5.56 Å². The molecule has 1 saturated heterocycles. The lowest BCUT2D eigenvalue weighted by Gasteiger charge is -2.21. The predicted octanol–water partition coefficient (Wildman–Crippen LogP) is 1.40. The topological polar surface area (TPSA) is 110 Å². The standard InChI is InChI=1S/C16H24N2O5S3/c1-26(21,22)18-8-14(25-24-11-15(17)16(19)20)7-13(18)10-23-9-12-5-3-2-4-6-12/h2-6,13-15H,7-11,17H2,1H3,(H,19,20)/t13?,14?,15-/m0/s1. The zero-order chi connectivity index (χ0) is 19.2. The molecule has 0 spiro atoms. The third-order valence-electron chi connectivity index (χ3n) is 3.94. The first-order valence-corrected chi connectivity index (χ1v) is 12.4. The van der Waals surface area contributed by atoms with Crippen LogP contribution in [0.15, 0.2) is 30.3 Å². The first-order valence-electron chi connectivity index (χ1n) is 8.12. The molecule has 0 amide bonds. The van der Waals surface area contributed by atoms with Gasteiger partial charge in [0.25, 0.3) is 0 Å². The Hall–Kier alpha value is -0.780. The number of rotatable bonds is 10. The number of benzene rings is 1. The molecule has 1 aromatic carbocycles. The maximum absolute atomic E-state index is 12.1. The van der Waals surface area contributed by atoms with Gasteiger partial charge >= 0.3 is 5.97 Å². The van der Waals surface area contributed by atoms with Crippen LogP contribution in [0, 0.1) is 0 Å². The summed E-state index contributed by atoms with van der Waals surface area (Å²) in [7, 11) is -0.457. The molecule has 0 bridgehead atoms. The molecule has 1 aliphatic heterocycles. The van der Waals surface area contributed by atoms with Crippen molar-refractivity contribution >= 4 is 37.6 Å². The highest BCUT2D eigenvalue weighted by Crippen LogP contribution is 2.36. The Balaban J connectivity index is 1.84. The smallest absolute Gasteiger partial charge is 0.321 e. The molecule has 7 nitrogen and oxygen atoms in total. The van der Waals surface area contributed by atoms with Crippen LogP contribution >= 0.6 is 21.6 Å². The fourth-order valence-corrected chi connectivity index (χ4v) is 6.63. The van der Waals surface area contributed by atoms with Gasteiger partial charge in [0.15, 0.2) is 0 Å². The molecule has 1 aliphatic rings. The molecule has 0 radical (unpaired) electrons. The van der Waals surface area contributed by atoms with Gasteiger partial charge in [0.1, 0.15) is 6.04 Å². The van der Waals surface area contributed by atoms with Crippen LogP contribution in [0.2, 0.25) is 0 Å². The molecule has 1 aromatic rings. The molecule has 1 fully saturated rings. The molecule has 2 unspecified atom stereocenters. The second-order valence-electron chi connectivity index (χ2n) is 6.17. The summed E-state index contributed by atoms with van der Waals surface area (Å²) in [6, 6.07) is 8.60. The summed E-state index contributed by atoms with van der Waals surface area (Å²) < 4.78 is 31.3. The lowest BCUT2D eigenvalue weighted by Crippen LogP contribution is -2.37. The van der Waals surface area contributed by atoms with E-state index in [1.807, 2.05) is 30.3 Å². The quantitative estimate of drug-likeness (QED) is 0.547.